The van der Waals surface area contributed by atoms with E-state index in [2.05, 4.69) is 10.2 Å². The summed E-state index contributed by atoms with van der Waals surface area (Å²) in [7, 11) is 0. The minimum absolute atomic E-state index is 0.0275. The van der Waals surface area contributed by atoms with E-state index in [1.807, 2.05) is 26.8 Å². The molecular weight excluding hydrogens is 246 g/mol. The molecule has 0 bridgehead atoms. The Morgan fingerprint density at radius 2 is 2.00 bits per heavy atom. The molecule has 0 saturated carbocycles. The summed E-state index contributed by atoms with van der Waals surface area (Å²) in [5.74, 6) is 0.440. The average Bonchev–Trinajstić information content (AvgIpc) is 2.79. The van der Waals surface area contributed by atoms with Gasteiger partial charge >= 0.3 is 5.69 Å². The van der Waals surface area contributed by atoms with Crippen LogP contribution in [0.15, 0.2) is 6.07 Å². The van der Waals surface area contributed by atoms with Gasteiger partial charge in [0, 0.05) is 12.2 Å². The van der Waals surface area contributed by atoms with Crippen LogP contribution < -0.4 is 0 Å². The van der Waals surface area contributed by atoms with Crippen LogP contribution in [-0.4, -0.2) is 24.5 Å². The lowest BCUT2D eigenvalue weighted by Crippen LogP contribution is -2.11. The monoisotopic (exact) mass is 263 g/mol. The van der Waals surface area contributed by atoms with E-state index in [1.54, 1.807) is 16.3 Å². The molecule has 0 aromatic carbocycles. The molecule has 0 amide bonds. The van der Waals surface area contributed by atoms with Crippen molar-refractivity contribution in [2.24, 2.45) is 0 Å². The van der Waals surface area contributed by atoms with E-state index in [0.29, 0.717) is 18.1 Å². The SMILES string of the molecule is CCCn1nc(C)c([N+](=O)[O-])c1-n1nc(C)cc1C. The Bertz CT molecular complexity index is 626. The molecule has 0 fully saturated rings. The molecule has 2 rings (SSSR count). The molecule has 0 spiro atoms. The van der Waals surface area contributed by atoms with Crippen LogP contribution in [-0.2, 0) is 6.54 Å². The number of nitro groups is 1. The maximum atomic E-state index is 11.3. The lowest BCUT2D eigenvalue weighted by Gasteiger charge is -2.06. The largest absolute Gasteiger partial charge is 0.336 e. The Hall–Kier alpha value is -2.18. The molecule has 0 radical (unpaired) electrons. The summed E-state index contributed by atoms with van der Waals surface area (Å²) in [6.45, 7) is 8.03. The first-order valence-electron chi connectivity index (χ1n) is 6.21. The van der Waals surface area contributed by atoms with Crippen molar-refractivity contribution in [3.63, 3.8) is 0 Å². The summed E-state index contributed by atoms with van der Waals surface area (Å²) in [4.78, 5) is 10.9. The van der Waals surface area contributed by atoms with E-state index in [4.69, 9.17) is 0 Å². The average molecular weight is 263 g/mol. The number of rotatable bonds is 4. The molecule has 0 aliphatic rings. The summed E-state index contributed by atoms with van der Waals surface area (Å²) in [6.07, 6.45) is 0.852. The van der Waals surface area contributed by atoms with Crippen LogP contribution in [0.1, 0.15) is 30.4 Å². The van der Waals surface area contributed by atoms with Crippen LogP contribution >= 0.6 is 0 Å². The summed E-state index contributed by atoms with van der Waals surface area (Å²) >= 11 is 0. The summed E-state index contributed by atoms with van der Waals surface area (Å²) in [5, 5.41) is 19.9. The van der Waals surface area contributed by atoms with Crippen molar-refractivity contribution in [1.82, 2.24) is 19.6 Å². The molecule has 2 heterocycles. The van der Waals surface area contributed by atoms with E-state index in [0.717, 1.165) is 17.8 Å². The molecule has 102 valence electrons. The van der Waals surface area contributed by atoms with E-state index < -0.39 is 0 Å². The van der Waals surface area contributed by atoms with Crippen molar-refractivity contribution in [2.45, 2.75) is 40.7 Å². The molecule has 0 saturated heterocycles. The maximum absolute atomic E-state index is 11.3. The number of nitrogens with zero attached hydrogens (tertiary/aromatic N) is 5. The highest BCUT2D eigenvalue weighted by atomic mass is 16.6. The van der Waals surface area contributed by atoms with Crippen LogP contribution in [0.4, 0.5) is 5.69 Å². The van der Waals surface area contributed by atoms with Gasteiger partial charge in [0.15, 0.2) is 0 Å². The molecule has 0 unspecified atom stereocenters. The van der Waals surface area contributed by atoms with Crippen LogP contribution in [0.5, 0.6) is 0 Å². The fourth-order valence-corrected chi connectivity index (χ4v) is 2.19. The van der Waals surface area contributed by atoms with Crippen LogP contribution in [0.3, 0.4) is 0 Å². The van der Waals surface area contributed by atoms with Gasteiger partial charge < -0.3 is 0 Å². The molecule has 2 aromatic rings. The molecule has 2 aromatic heterocycles. The normalized spacial score (nSPS) is 10.9. The van der Waals surface area contributed by atoms with Gasteiger partial charge in [-0.1, -0.05) is 6.92 Å². The van der Waals surface area contributed by atoms with Crippen molar-refractivity contribution in [2.75, 3.05) is 0 Å². The van der Waals surface area contributed by atoms with Gasteiger partial charge in [-0.15, -0.1) is 0 Å². The maximum Gasteiger partial charge on any atom is 0.336 e. The van der Waals surface area contributed by atoms with Crippen molar-refractivity contribution in [3.8, 4) is 5.82 Å². The molecular formula is C12H17N5O2. The first-order valence-corrected chi connectivity index (χ1v) is 6.21. The number of aromatic nitrogens is 4. The van der Waals surface area contributed by atoms with Gasteiger partial charge in [0.1, 0.15) is 5.69 Å². The molecule has 7 heteroatoms. The first-order chi connectivity index (χ1) is 8.95. The summed E-state index contributed by atoms with van der Waals surface area (Å²) in [6, 6.07) is 1.89. The fraction of sp³-hybridized carbons (Fsp3) is 0.500. The molecule has 19 heavy (non-hydrogen) atoms. The second-order valence-electron chi connectivity index (χ2n) is 4.58. The molecule has 0 N–H and O–H groups in total. The standard InChI is InChI=1S/C12H17N5O2/c1-5-6-15-12(11(17(18)19)10(4)14-15)16-9(3)7-8(2)13-16/h7H,5-6H2,1-4H3. The van der Waals surface area contributed by atoms with Crippen LogP contribution in [0.2, 0.25) is 0 Å². The summed E-state index contributed by atoms with van der Waals surface area (Å²) < 4.78 is 3.26. The van der Waals surface area contributed by atoms with E-state index in [1.165, 1.54) is 0 Å². The molecule has 0 atom stereocenters. The highest BCUT2D eigenvalue weighted by molar-refractivity contribution is 5.51. The zero-order valence-electron chi connectivity index (χ0n) is 11.5. The Morgan fingerprint density at radius 3 is 2.47 bits per heavy atom. The number of hydrogen-bond acceptors (Lipinski definition) is 4. The second kappa shape index (κ2) is 4.83. The van der Waals surface area contributed by atoms with Crippen LogP contribution in [0, 0.1) is 30.9 Å². The highest BCUT2D eigenvalue weighted by Crippen LogP contribution is 2.27. The Balaban J connectivity index is 2.71. The zero-order chi connectivity index (χ0) is 14.2. The minimum atomic E-state index is -0.389. The zero-order valence-corrected chi connectivity index (χ0v) is 11.5. The van der Waals surface area contributed by atoms with Gasteiger partial charge in [-0.05, 0) is 33.3 Å². The Kier molecular flexibility index (Phi) is 3.37. The fourth-order valence-electron chi connectivity index (χ4n) is 2.19. The molecule has 0 aliphatic heterocycles. The third-order valence-electron chi connectivity index (χ3n) is 2.90. The lowest BCUT2D eigenvalue weighted by atomic mass is 10.3. The van der Waals surface area contributed by atoms with Gasteiger partial charge in [-0.25, -0.2) is 9.36 Å². The van der Waals surface area contributed by atoms with Crippen molar-refractivity contribution in [1.29, 1.82) is 0 Å². The van der Waals surface area contributed by atoms with Gasteiger partial charge in [0.05, 0.1) is 10.6 Å². The number of hydrogen-bond donors (Lipinski definition) is 0. The quantitative estimate of drug-likeness (QED) is 0.626. The minimum Gasteiger partial charge on any atom is -0.258 e. The van der Waals surface area contributed by atoms with E-state index >= 15 is 0 Å². The van der Waals surface area contributed by atoms with Crippen molar-refractivity contribution < 1.29 is 4.92 Å². The van der Waals surface area contributed by atoms with E-state index in [-0.39, 0.29) is 10.6 Å². The van der Waals surface area contributed by atoms with E-state index in [9.17, 15) is 10.1 Å². The van der Waals surface area contributed by atoms with Gasteiger partial charge in [-0.3, -0.25) is 10.1 Å². The predicted molar refractivity (Wildman–Crippen MR) is 70.5 cm³/mol. The second-order valence-corrected chi connectivity index (χ2v) is 4.58. The van der Waals surface area contributed by atoms with Crippen LogP contribution in [0.25, 0.3) is 5.82 Å². The highest BCUT2D eigenvalue weighted by Gasteiger charge is 2.27. The summed E-state index contributed by atoms with van der Waals surface area (Å²) in [5.41, 5.74) is 2.13. The molecule has 0 aliphatic carbocycles. The van der Waals surface area contributed by atoms with Gasteiger partial charge in [-0.2, -0.15) is 10.2 Å². The lowest BCUT2D eigenvalue weighted by molar-refractivity contribution is -0.385. The van der Waals surface area contributed by atoms with Crippen molar-refractivity contribution >= 4 is 5.69 Å². The smallest absolute Gasteiger partial charge is 0.258 e. The number of aryl methyl sites for hydroxylation is 4. The first kappa shape index (κ1) is 13.3. The topological polar surface area (TPSA) is 78.8 Å². The third kappa shape index (κ3) is 2.23. The van der Waals surface area contributed by atoms with Crippen molar-refractivity contribution in [3.05, 3.63) is 33.3 Å². The Morgan fingerprint density at radius 1 is 1.32 bits per heavy atom. The third-order valence-corrected chi connectivity index (χ3v) is 2.90. The van der Waals surface area contributed by atoms with Gasteiger partial charge in [0.2, 0.25) is 5.82 Å². The predicted octanol–water partition coefficient (Wildman–Crippen LogP) is 2.31. The molecule has 7 nitrogen and oxygen atoms in total. The van der Waals surface area contributed by atoms with Gasteiger partial charge in [0.25, 0.3) is 0 Å². The Labute approximate surface area is 111 Å².